The van der Waals surface area contributed by atoms with Gasteiger partial charge >= 0.3 is 6.03 Å². The summed E-state index contributed by atoms with van der Waals surface area (Å²) in [5.74, 6) is 0. The first kappa shape index (κ1) is 16.0. The fraction of sp³-hybridized carbons (Fsp3) is 0.278. The van der Waals surface area contributed by atoms with Gasteiger partial charge in [0.25, 0.3) is 0 Å². The number of hydrogen-bond donors (Lipinski definition) is 3. The molecule has 0 saturated carbocycles. The molecule has 22 heavy (non-hydrogen) atoms. The Labute approximate surface area is 131 Å². The van der Waals surface area contributed by atoms with Gasteiger partial charge in [-0.15, -0.1) is 0 Å². The summed E-state index contributed by atoms with van der Waals surface area (Å²) in [5.41, 5.74) is 4.31. The molecule has 0 heterocycles. The number of hydrogen-bond acceptors (Lipinski definition) is 2. The van der Waals surface area contributed by atoms with Crippen LogP contribution in [0.2, 0.25) is 0 Å². The van der Waals surface area contributed by atoms with Crippen molar-refractivity contribution in [2.24, 2.45) is 0 Å². The van der Waals surface area contributed by atoms with Gasteiger partial charge in [0, 0.05) is 13.1 Å². The molecule has 4 nitrogen and oxygen atoms in total. The summed E-state index contributed by atoms with van der Waals surface area (Å²) in [6.07, 6.45) is 0.767. The van der Waals surface area contributed by atoms with E-state index >= 15 is 0 Å². The van der Waals surface area contributed by atoms with Crippen LogP contribution in [0.25, 0.3) is 0 Å². The van der Waals surface area contributed by atoms with Gasteiger partial charge in [0.05, 0.1) is 6.61 Å². The van der Waals surface area contributed by atoms with E-state index in [1.807, 2.05) is 49.4 Å². The van der Waals surface area contributed by atoms with E-state index in [9.17, 15) is 4.79 Å². The maximum Gasteiger partial charge on any atom is 0.315 e. The average molecular weight is 298 g/mol. The third kappa shape index (κ3) is 5.22. The van der Waals surface area contributed by atoms with Gasteiger partial charge in [-0.2, -0.15) is 0 Å². The van der Waals surface area contributed by atoms with Crippen LogP contribution >= 0.6 is 0 Å². The third-order valence-electron chi connectivity index (χ3n) is 3.44. The number of nitrogens with one attached hydrogen (secondary N) is 2. The predicted octanol–water partition coefficient (Wildman–Crippen LogP) is 2.53. The number of carbonyl (C=O) groups is 1. The lowest BCUT2D eigenvalue weighted by Crippen LogP contribution is -2.36. The Bertz CT molecular complexity index is 609. The van der Waals surface area contributed by atoms with E-state index < -0.39 is 0 Å². The fourth-order valence-electron chi connectivity index (χ4n) is 2.20. The zero-order valence-electron chi connectivity index (χ0n) is 12.8. The molecular weight excluding hydrogens is 276 g/mol. The van der Waals surface area contributed by atoms with Gasteiger partial charge in [-0.1, -0.05) is 54.1 Å². The molecule has 0 saturated heterocycles. The molecule has 0 fully saturated rings. The maximum atomic E-state index is 11.7. The van der Waals surface area contributed by atoms with E-state index in [1.54, 1.807) is 0 Å². The SMILES string of the molecule is Cc1cccc(CNC(=O)NCCc2ccc(CO)cc2)c1. The van der Waals surface area contributed by atoms with Crippen LogP contribution in [0.5, 0.6) is 0 Å². The van der Waals surface area contributed by atoms with Crippen molar-refractivity contribution in [1.29, 1.82) is 0 Å². The molecule has 3 N–H and O–H groups in total. The molecule has 0 aromatic heterocycles. The Balaban J connectivity index is 1.69. The van der Waals surface area contributed by atoms with Crippen LogP contribution < -0.4 is 10.6 Å². The van der Waals surface area contributed by atoms with Crippen LogP contribution in [0.4, 0.5) is 4.79 Å². The van der Waals surface area contributed by atoms with E-state index in [0.717, 1.165) is 23.1 Å². The molecule has 2 aromatic carbocycles. The van der Waals surface area contributed by atoms with E-state index in [2.05, 4.69) is 16.7 Å². The van der Waals surface area contributed by atoms with Crippen LogP contribution in [0.1, 0.15) is 22.3 Å². The fourth-order valence-corrected chi connectivity index (χ4v) is 2.20. The zero-order valence-corrected chi connectivity index (χ0v) is 12.8. The molecule has 2 rings (SSSR count). The number of aliphatic hydroxyl groups is 1. The van der Waals surface area contributed by atoms with Crippen LogP contribution in [-0.4, -0.2) is 17.7 Å². The lowest BCUT2D eigenvalue weighted by Gasteiger charge is -2.08. The first-order valence-electron chi connectivity index (χ1n) is 7.43. The standard InChI is InChI=1S/C18H22N2O2/c1-14-3-2-4-17(11-14)12-20-18(22)19-10-9-15-5-7-16(13-21)8-6-15/h2-8,11,21H,9-10,12-13H2,1H3,(H2,19,20,22). The van der Waals surface area contributed by atoms with Crippen molar-refractivity contribution in [3.63, 3.8) is 0 Å². The second-order valence-corrected chi connectivity index (χ2v) is 5.32. The van der Waals surface area contributed by atoms with Crippen LogP contribution in [-0.2, 0) is 19.6 Å². The zero-order chi connectivity index (χ0) is 15.8. The van der Waals surface area contributed by atoms with E-state index in [0.29, 0.717) is 13.1 Å². The van der Waals surface area contributed by atoms with E-state index in [4.69, 9.17) is 5.11 Å². The van der Waals surface area contributed by atoms with Crippen molar-refractivity contribution in [1.82, 2.24) is 10.6 Å². The van der Waals surface area contributed by atoms with Gasteiger partial charge in [-0.25, -0.2) is 4.79 Å². The van der Waals surface area contributed by atoms with Crippen molar-refractivity contribution in [2.45, 2.75) is 26.5 Å². The number of aliphatic hydroxyl groups excluding tert-OH is 1. The van der Waals surface area contributed by atoms with Gasteiger partial charge in [-0.3, -0.25) is 0 Å². The van der Waals surface area contributed by atoms with Crippen LogP contribution in [0.3, 0.4) is 0 Å². The minimum atomic E-state index is -0.159. The van der Waals surface area contributed by atoms with Crippen molar-refractivity contribution in [3.05, 3.63) is 70.8 Å². The van der Waals surface area contributed by atoms with Gasteiger partial charge in [-0.05, 0) is 30.0 Å². The molecule has 2 aromatic rings. The monoisotopic (exact) mass is 298 g/mol. The molecule has 0 bridgehead atoms. The first-order valence-corrected chi connectivity index (χ1v) is 7.43. The molecule has 116 valence electrons. The molecule has 0 radical (unpaired) electrons. The van der Waals surface area contributed by atoms with Gasteiger partial charge < -0.3 is 15.7 Å². The molecule has 0 spiro atoms. The van der Waals surface area contributed by atoms with E-state index in [-0.39, 0.29) is 12.6 Å². The molecule has 0 unspecified atom stereocenters. The summed E-state index contributed by atoms with van der Waals surface area (Å²) in [7, 11) is 0. The molecule has 4 heteroatoms. The largest absolute Gasteiger partial charge is 0.392 e. The smallest absolute Gasteiger partial charge is 0.315 e. The Morgan fingerprint density at radius 2 is 1.73 bits per heavy atom. The number of rotatable bonds is 6. The van der Waals surface area contributed by atoms with Gasteiger partial charge in [0.2, 0.25) is 0 Å². The molecule has 0 atom stereocenters. The van der Waals surface area contributed by atoms with Crippen LogP contribution in [0.15, 0.2) is 48.5 Å². The molecule has 0 aliphatic carbocycles. The molecule has 0 aliphatic rings. The summed E-state index contributed by atoms with van der Waals surface area (Å²) in [6, 6.07) is 15.6. The lowest BCUT2D eigenvalue weighted by atomic mass is 10.1. The summed E-state index contributed by atoms with van der Waals surface area (Å²) < 4.78 is 0. The molecule has 0 aliphatic heterocycles. The average Bonchev–Trinajstić information content (AvgIpc) is 2.54. The number of amides is 2. The van der Waals surface area contributed by atoms with Gasteiger partial charge in [0.1, 0.15) is 0 Å². The topological polar surface area (TPSA) is 61.4 Å². The lowest BCUT2D eigenvalue weighted by molar-refractivity contribution is 0.240. The van der Waals surface area contributed by atoms with Crippen LogP contribution in [0, 0.1) is 6.92 Å². The summed E-state index contributed by atoms with van der Waals surface area (Å²) in [5, 5.41) is 14.7. The Morgan fingerprint density at radius 1 is 1.00 bits per heavy atom. The summed E-state index contributed by atoms with van der Waals surface area (Å²) in [6.45, 7) is 3.20. The Morgan fingerprint density at radius 3 is 2.41 bits per heavy atom. The normalized spacial score (nSPS) is 10.3. The first-order chi connectivity index (χ1) is 10.7. The third-order valence-corrected chi connectivity index (χ3v) is 3.44. The highest BCUT2D eigenvalue weighted by Crippen LogP contribution is 2.05. The highest BCUT2D eigenvalue weighted by atomic mass is 16.3. The second-order valence-electron chi connectivity index (χ2n) is 5.32. The summed E-state index contributed by atoms with van der Waals surface area (Å²) in [4.78, 5) is 11.7. The number of benzene rings is 2. The van der Waals surface area contributed by atoms with Gasteiger partial charge in [0.15, 0.2) is 0 Å². The predicted molar refractivity (Wildman–Crippen MR) is 87.5 cm³/mol. The molecular formula is C18H22N2O2. The highest BCUT2D eigenvalue weighted by Gasteiger charge is 2.01. The number of urea groups is 1. The van der Waals surface area contributed by atoms with E-state index in [1.165, 1.54) is 5.56 Å². The van der Waals surface area contributed by atoms with Crippen molar-refractivity contribution < 1.29 is 9.90 Å². The van der Waals surface area contributed by atoms with Crippen molar-refractivity contribution in [2.75, 3.05) is 6.54 Å². The Kier molecular flexibility index (Phi) is 5.98. The van der Waals surface area contributed by atoms with Crippen molar-refractivity contribution in [3.8, 4) is 0 Å². The molecule has 2 amide bonds. The maximum absolute atomic E-state index is 11.7. The number of aryl methyl sites for hydroxylation is 1. The number of carbonyl (C=O) groups excluding carboxylic acids is 1. The minimum Gasteiger partial charge on any atom is -0.392 e. The summed E-state index contributed by atoms with van der Waals surface area (Å²) >= 11 is 0. The highest BCUT2D eigenvalue weighted by molar-refractivity contribution is 5.73. The second kappa shape index (κ2) is 8.20. The Hall–Kier alpha value is -2.33. The quantitative estimate of drug-likeness (QED) is 0.767. The van der Waals surface area contributed by atoms with Crippen molar-refractivity contribution >= 4 is 6.03 Å². The minimum absolute atomic E-state index is 0.0555.